The van der Waals surface area contributed by atoms with Gasteiger partial charge in [-0.25, -0.2) is 4.79 Å². The monoisotopic (exact) mass is 284 g/mol. The molecule has 2 rings (SSSR count). The minimum absolute atomic E-state index is 0.121. The van der Waals surface area contributed by atoms with Gasteiger partial charge in [-0.3, -0.25) is 4.79 Å². The Labute approximate surface area is 119 Å². The van der Waals surface area contributed by atoms with Crippen molar-refractivity contribution < 1.29 is 19.8 Å². The van der Waals surface area contributed by atoms with Crippen molar-refractivity contribution in [1.82, 2.24) is 10.2 Å². The van der Waals surface area contributed by atoms with Crippen LogP contribution in [0, 0.1) is 11.3 Å². The average Bonchev–Trinajstić information content (AvgIpc) is 2.98. The zero-order valence-electron chi connectivity index (χ0n) is 12.1. The molecule has 0 aromatic heterocycles. The van der Waals surface area contributed by atoms with Gasteiger partial charge in [0.2, 0.25) is 0 Å². The molecule has 1 aliphatic heterocycles. The van der Waals surface area contributed by atoms with Gasteiger partial charge in [0, 0.05) is 25.0 Å². The first kappa shape index (κ1) is 15.1. The Morgan fingerprint density at radius 3 is 2.65 bits per heavy atom. The Balaban J connectivity index is 1.94. The van der Waals surface area contributed by atoms with E-state index in [1.54, 1.807) is 18.7 Å². The molecule has 0 bridgehead atoms. The maximum atomic E-state index is 12.2. The second-order valence-corrected chi connectivity index (χ2v) is 6.35. The Morgan fingerprint density at radius 2 is 2.10 bits per heavy atom. The highest BCUT2D eigenvalue weighted by molar-refractivity contribution is 5.79. The molecule has 6 heteroatoms. The first-order valence-corrected chi connectivity index (χ1v) is 7.31. The first-order chi connectivity index (χ1) is 9.34. The summed E-state index contributed by atoms with van der Waals surface area (Å²) in [7, 11) is 0. The summed E-state index contributed by atoms with van der Waals surface area (Å²) < 4.78 is 0. The first-order valence-electron chi connectivity index (χ1n) is 7.31. The van der Waals surface area contributed by atoms with E-state index in [2.05, 4.69) is 5.32 Å². The number of hydrogen-bond acceptors (Lipinski definition) is 3. The summed E-state index contributed by atoms with van der Waals surface area (Å²) in [6, 6.07) is -0.509. The van der Waals surface area contributed by atoms with Gasteiger partial charge < -0.3 is 20.4 Å². The second-order valence-electron chi connectivity index (χ2n) is 6.35. The molecule has 2 aliphatic rings. The third-order valence-electron chi connectivity index (χ3n) is 4.94. The van der Waals surface area contributed by atoms with Crippen molar-refractivity contribution in [3.05, 3.63) is 0 Å². The molecular weight excluding hydrogens is 260 g/mol. The van der Waals surface area contributed by atoms with Crippen molar-refractivity contribution in [3.63, 3.8) is 0 Å². The van der Waals surface area contributed by atoms with E-state index in [4.69, 9.17) is 0 Å². The highest BCUT2D eigenvalue weighted by Gasteiger charge is 2.46. The van der Waals surface area contributed by atoms with Gasteiger partial charge in [-0.1, -0.05) is 6.42 Å². The number of amides is 2. The Hall–Kier alpha value is -1.30. The molecular formula is C14H24N2O4. The van der Waals surface area contributed by atoms with Crippen LogP contribution < -0.4 is 5.32 Å². The molecule has 2 amide bonds. The number of nitrogens with one attached hydrogen (secondary N) is 1. The van der Waals surface area contributed by atoms with Crippen LogP contribution in [0.1, 0.15) is 39.5 Å². The van der Waals surface area contributed by atoms with Crippen LogP contribution in [0.2, 0.25) is 0 Å². The van der Waals surface area contributed by atoms with Crippen molar-refractivity contribution in [2.45, 2.75) is 51.7 Å². The van der Waals surface area contributed by atoms with Gasteiger partial charge in [-0.15, -0.1) is 0 Å². The zero-order valence-corrected chi connectivity index (χ0v) is 12.1. The number of carboxylic acid groups (broad SMARTS) is 1. The summed E-state index contributed by atoms with van der Waals surface area (Å²) in [6.07, 6.45) is 2.52. The van der Waals surface area contributed by atoms with Gasteiger partial charge in [0.25, 0.3) is 0 Å². The van der Waals surface area contributed by atoms with E-state index in [9.17, 15) is 19.8 Å². The van der Waals surface area contributed by atoms with Crippen LogP contribution in [-0.2, 0) is 4.79 Å². The van der Waals surface area contributed by atoms with Crippen LogP contribution in [0.5, 0.6) is 0 Å². The number of rotatable bonds is 3. The fourth-order valence-corrected chi connectivity index (χ4v) is 3.26. The number of carbonyl (C=O) groups is 2. The average molecular weight is 284 g/mol. The lowest BCUT2D eigenvalue weighted by Crippen LogP contribution is -2.51. The number of likely N-dealkylation sites (tertiary alicyclic amines) is 1. The highest BCUT2D eigenvalue weighted by Crippen LogP contribution is 2.38. The SMILES string of the molecule is CC(O)C1CCN(C(=O)NC2CCCC2(C)C(=O)O)C1. The molecule has 2 fully saturated rings. The maximum Gasteiger partial charge on any atom is 0.317 e. The van der Waals surface area contributed by atoms with E-state index in [0.717, 1.165) is 12.8 Å². The Kier molecular flexibility index (Phi) is 4.22. The third kappa shape index (κ3) is 2.75. The van der Waals surface area contributed by atoms with Gasteiger partial charge in [0.05, 0.1) is 11.5 Å². The van der Waals surface area contributed by atoms with Crippen molar-refractivity contribution in [1.29, 1.82) is 0 Å². The normalized spacial score (nSPS) is 35.0. The summed E-state index contributed by atoms with van der Waals surface area (Å²) in [5, 5.41) is 21.8. The van der Waals surface area contributed by atoms with E-state index in [-0.39, 0.29) is 18.0 Å². The van der Waals surface area contributed by atoms with Crippen LogP contribution in [0.15, 0.2) is 0 Å². The number of hydrogen-bond donors (Lipinski definition) is 3. The predicted octanol–water partition coefficient (Wildman–Crippen LogP) is 1.04. The predicted molar refractivity (Wildman–Crippen MR) is 73.3 cm³/mol. The van der Waals surface area contributed by atoms with Crippen molar-refractivity contribution in [3.8, 4) is 0 Å². The van der Waals surface area contributed by atoms with Crippen molar-refractivity contribution >= 4 is 12.0 Å². The molecule has 0 radical (unpaired) electrons. The summed E-state index contributed by atoms with van der Waals surface area (Å²) >= 11 is 0. The molecule has 0 spiro atoms. The largest absolute Gasteiger partial charge is 0.481 e. The number of aliphatic hydroxyl groups excluding tert-OH is 1. The molecule has 0 aromatic rings. The summed E-state index contributed by atoms with van der Waals surface area (Å²) in [5.74, 6) is -0.723. The molecule has 114 valence electrons. The summed E-state index contributed by atoms with van der Waals surface area (Å²) in [6.45, 7) is 4.61. The van der Waals surface area contributed by atoms with E-state index < -0.39 is 17.5 Å². The number of urea groups is 1. The molecule has 3 N–H and O–H groups in total. The minimum Gasteiger partial charge on any atom is -0.481 e. The Morgan fingerprint density at radius 1 is 1.40 bits per heavy atom. The fourth-order valence-electron chi connectivity index (χ4n) is 3.26. The van der Waals surface area contributed by atoms with Crippen molar-refractivity contribution in [2.75, 3.05) is 13.1 Å². The second kappa shape index (κ2) is 5.60. The van der Waals surface area contributed by atoms with Gasteiger partial charge >= 0.3 is 12.0 Å². The summed E-state index contributed by atoms with van der Waals surface area (Å²) in [5.41, 5.74) is -0.862. The standard InChI is InChI=1S/C14H24N2O4/c1-9(17)10-5-7-16(8-10)13(20)15-11-4-3-6-14(11,2)12(18)19/h9-11,17H,3-8H2,1-2H3,(H,15,20)(H,18,19). The molecule has 0 aromatic carbocycles. The van der Waals surface area contributed by atoms with Crippen molar-refractivity contribution in [2.24, 2.45) is 11.3 Å². The number of aliphatic hydroxyl groups is 1. The van der Waals surface area contributed by atoms with Gasteiger partial charge in [-0.05, 0) is 33.1 Å². The van der Waals surface area contributed by atoms with Crippen LogP contribution in [0.4, 0.5) is 4.79 Å². The lowest BCUT2D eigenvalue weighted by molar-refractivity contribution is -0.148. The number of carboxylic acids is 1. The lowest BCUT2D eigenvalue weighted by Gasteiger charge is -2.29. The fraction of sp³-hybridized carbons (Fsp3) is 0.857. The molecule has 20 heavy (non-hydrogen) atoms. The van der Waals surface area contributed by atoms with Gasteiger partial charge in [-0.2, -0.15) is 0 Å². The van der Waals surface area contributed by atoms with E-state index in [0.29, 0.717) is 25.9 Å². The maximum absolute atomic E-state index is 12.2. The van der Waals surface area contributed by atoms with Gasteiger partial charge in [0.15, 0.2) is 0 Å². The minimum atomic E-state index is -0.862. The van der Waals surface area contributed by atoms with E-state index in [1.807, 2.05) is 0 Å². The topological polar surface area (TPSA) is 89.9 Å². The van der Waals surface area contributed by atoms with E-state index >= 15 is 0 Å². The van der Waals surface area contributed by atoms with E-state index in [1.165, 1.54) is 0 Å². The smallest absolute Gasteiger partial charge is 0.317 e. The third-order valence-corrected chi connectivity index (χ3v) is 4.94. The quantitative estimate of drug-likeness (QED) is 0.722. The van der Waals surface area contributed by atoms with Crippen LogP contribution in [-0.4, -0.2) is 52.3 Å². The van der Waals surface area contributed by atoms with Gasteiger partial charge in [0.1, 0.15) is 0 Å². The number of carbonyl (C=O) groups excluding carboxylic acids is 1. The molecule has 1 saturated carbocycles. The molecule has 4 atom stereocenters. The molecule has 1 heterocycles. The summed E-state index contributed by atoms with van der Waals surface area (Å²) in [4.78, 5) is 25.3. The molecule has 1 aliphatic carbocycles. The highest BCUT2D eigenvalue weighted by atomic mass is 16.4. The van der Waals surface area contributed by atoms with Crippen LogP contribution in [0.25, 0.3) is 0 Å². The number of aliphatic carboxylic acids is 1. The Bertz CT molecular complexity index is 399. The van der Waals surface area contributed by atoms with Crippen LogP contribution in [0.3, 0.4) is 0 Å². The van der Waals surface area contributed by atoms with Crippen LogP contribution >= 0.6 is 0 Å². The number of nitrogens with zero attached hydrogens (tertiary/aromatic N) is 1. The zero-order chi connectivity index (χ0) is 14.9. The molecule has 6 nitrogen and oxygen atoms in total. The lowest BCUT2D eigenvalue weighted by atomic mass is 9.85. The molecule has 4 unspecified atom stereocenters. The molecule has 1 saturated heterocycles.